The number of halogens is 9. The zero-order chi connectivity index (χ0) is 96.8. The maximum absolute atomic E-state index is 12.2. The molecular formula is C102H133Cl3F6N2O11. The Hall–Kier alpha value is -9.69. The number of anilines is 1. The van der Waals surface area contributed by atoms with E-state index in [9.17, 15) is 55.6 Å². The first-order valence-electron chi connectivity index (χ1n) is 40.4. The van der Waals surface area contributed by atoms with Gasteiger partial charge in [-0.15, -0.1) is 13.2 Å². The van der Waals surface area contributed by atoms with Crippen molar-refractivity contribution in [2.45, 2.75) is 288 Å². The van der Waals surface area contributed by atoms with E-state index in [0.29, 0.717) is 26.3 Å². The molecule has 0 heterocycles. The van der Waals surface area contributed by atoms with Crippen molar-refractivity contribution >= 4 is 70.1 Å². The summed E-state index contributed by atoms with van der Waals surface area (Å²) in [4.78, 5) is 52.8. The molecule has 0 amide bonds. The highest BCUT2D eigenvalue weighted by atomic mass is 35.5. The fourth-order valence-corrected chi connectivity index (χ4v) is 11.5. The highest BCUT2D eigenvalue weighted by Crippen LogP contribution is 2.37. The number of ether oxygens (including phenoxy) is 1. The molecule has 0 aliphatic rings. The molecule has 0 radical (unpaired) electrons. The van der Waals surface area contributed by atoms with Gasteiger partial charge < -0.3 is 30.9 Å². The van der Waals surface area contributed by atoms with E-state index in [1.54, 1.807) is 60.7 Å². The Labute approximate surface area is 748 Å². The van der Waals surface area contributed by atoms with Gasteiger partial charge in [0.2, 0.25) is 0 Å². The molecule has 0 saturated carbocycles. The third-order valence-electron chi connectivity index (χ3n) is 19.3. The Morgan fingerprint density at radius 2 is 0.597 bits per heavy atom. The Bertz CT molecular complexity index is 4770. The number of carboxylic acids is 4. The molecule has 680 valence electrons. The molecule has 13 nitrogen and oxygen atoms in total. The molecule has 0 unspecified atom stereocenters. The van der Waals surface area contributed by atoms with Crippen molar-refractivity contribution < 1.29 is 75.6 Å². The molecule has 9 aromatic carbocycles. The molecule has 0 aliphatic heterocycles. The molecular weight excluding hydrogens is 1650 g/mol. The Morgan fingerprint density at radius 1 is 0.315 bits per heavy atom. The number of carbonyl (C=O) groups is 4. The smallest absolute Gasteiger partial charge is 0.478 e. The monoisotopic (exact) mass is 1780 g/mol. The number of aryl methyl sites for hydroxylation is 2. The summed E-state index contributed by atoms with van der Waals surface area (Å²) < 4.78 is 76.0. The van der Waals surface area contributed by atoms with Crippen molar-refractivity contribution in [3.63, 3.8) is 0 Å². The van der Waals surface area contributed by atoms with Crippen LogP contribution in [0.15, 0.2) is 188 Å². The van der Waals surface area contributed by atoms with E-state index in [2.05, 4.69) is 186 Å². The molecule has 6 N–H and O–H groups in total. The van der Waals surface area contributed by atoms with Gasteiger partial charge in [0.05, 0.1) is 42.2 Å². The number of nitro groups is 1. The fourth-order valence-electron chi connectivity index (χ4n) is 10.9. The van der Waals surface area contributed by atoms with Crippen LogP contribution in [0.5, 0.6) is 5.75 Å². The van der Waals surface area contributed by atoms with E-state index in [0.717, 1.165) is 45.5 Å². The Kier molecular flexibility index (Phi) is 40.7. The van der Waals surface area contributed by atoms with Crippen LogP contribution in [-0.2, 0) is 60.3 Å². The number of rotatable bonds is 6. The molecule has 0 aromatic heterocycles. The SMILES string of the molecule is CC(C)(C)c1ccc(C(=O)O)c(Cl)c1.CC(C)(C)c1ccc(C(=O)O)c([N+](=O)[O-])c1.CC(C)(C)c1ccc(C(=O)O)cc1.CC(C)(C)c1ccc(C(=O)O)cc1N.CC(C)(C)c1ccc(C(C)(C)C)cc1.CC(C)(C)c1ccc(C(F)(F)F)cc1.CC(C)(C)c1ccc(Cl)c(Cl)c1.CC(C)(C)c1ccc(OC(F)(F)F)cc1.Cc1ccc(C(C)(C)C)cc1C. The number of nitrogens with zero attached hydrogens (tertiary/aromatic N) is 1. The second kappa shape index (κ2) is 45.0. The zero-order valence-electron chi connectivity index (χ0n) is 78.5. The molecule has 0 aliphatic carbocycles. The number of hydrogen-bond acceptors (Lipinski definition) is 8. The predicted octanol–water partition coefficient (Wildman–Crippen LogP) is 30.9. The molecule has 0 atom stereocenters. The van der Waals surface area contributed by atoms with E-state index in [-0.39, 0.29) is 82.3 Å². The summed E-state index contributed by atoms with van der Waals surface area (Å²) >= 11 is 17.5. The van der Waals surface area contributed by atoms with Crippen molar-refractivity contribution in [3.05, 3.63) is 308 Å². The number of nitro benzene ring substituents is 1. The maximum atomic E-state index is 12.2. The van der Waals surface area contributed by atoms with E-state index >= 15 is 0 Å². The van der Waals surface area contributed by atoms with Gasteiger partial charge in [-0.05, 0) is 214 Å². The maximum Gasteiger partial charge on any atom is 0.573 e. The molecule has 0 spiro atoms. The summed E-state index contributed by atoms with van der Waals surface area (Å²) in [5.41, 5.74) is 20.3. The standard InChI is InChI=1S/C14H22.C12H18.C11H13ClO2.C11H13F3O.C11H13F3.C11H13NO4.C11H15NO2.C11H14O2.C10H12Cl2/c1-13(2,3)11-7-9-12(10-8-11)14(4,5)6;1-9-6-7-11(8-10(9)2)12(3,4)5;1-11(2,3)7-4-5-8(10(13)14)9(12)6-7;1-10(2,3)8-4-6-9(7-5-8)15-11(12,13)14;1-10(2,3)8-4-6-9(7-5-8)11(12,13)14;1-11(2,3)7-4-5-8(10(13)14)9(6-7)12(15)16;1-11(2,3)8-5-4-7(10(13)14)6-9(8)12;1-11(2,3)9-6-4-8(5-7-9)10(12)13;1-10(2,3)7-4-5-8(11)9(12)6-7/h7-10H,1-6H3;6-8H,1-5H3;4-6H,1-3H3,(H,13,14);4-7H,1-3H3;4-7H,1-3H3;4-6H,1-3H3,(H,13,14);4-6H,12H2,1-3H3,(H,13,14);4-7H,1-3H3,(H,12,13);4-6H,1-3H3. The van der Waals surface area contributed by atoms with Crippen LogP contribution in [0, 0.1) is 24.0 Å². The minimum atomic E-state index is -4.62. The number of alkyl halides is 6. The highest BCUT2D eigenvalue weighted by Gasteiger charge is 2.33. The van der Waals surface area contributed by atoms with Crippen molar-refractivity contribution in [3.8, 4) is 5.75 Å². The number of benzene rings is 9. The first kappa shape index (κ1) is 112. The average molecular weight is 1780 g/mol. The lowest BCUT2D eigenvalue weighted by molar-refractivity contribution is -0.385. The third kappa shape index (κ3) is 40.1. The molecule has 0 fully saturated rings. The van der Waals surface area contributed by atoms with Gasteiger partial charge in [0, 0.05) is 11.8 Å². The molecule has 0 bridgehead atoms. The second-order valence-corrected chi connectivity index (χ2v) is 41.7. The minimum Gasteiger partial charge on any atom is -0.478 e. The summed E-state index contributed by atoms with van der Waals surface area (Å²) in [6.07, 6.45) is -8.86. The minimum absolute atomic E-state index is 0.0132. The van der Waals surface area contributed by atoms with Crippen molar-refractivity contribution in [1.82, 2.24) is 0 Å². The first-order chi connectivity index (χ1) is 55.7. The van der Waals surface area contributed by atoms with Gasteiger partial charge in [-0.25, -0.2) is 19.2 Å². The van der Waals surface area contributed by atoms with E-state index in [1.807, 2.05) is 113 Å². The number of carboxylic acid groups (broad SMARTS) is 4. The predicted molar refractivity (Wildman–Crippen MR) is 500 cm³/mol. The van der Waals surface area contributed by atoms with Gasteiger partial charge in [0.1, 0.15) is 11.3 Å². The molecule has 124 heavy (non-hydrogen) atoms. The van der Waals surface area contributed by atoms with Crippen molar-refractivity contribution in [2.24, 2.45) is 0 Å². The highest BCUT2D eigenvalue weighted by molar-refractivity contribution is 6.42. The van der Waals surface area contributed by atoms with Crippen LogP contribution in [-0.4, -0.2) is 55.6 Å². The number of nitrogen functional groups attached to an aromatic ring is 1. The second-order valence-electron chi connectivity index (χ2n) is 40.4. The Balaban J connectivity index is 0.000000698. The van der Waals surface area contributed by atoms with Crippen LogP contribution >= 0.6 is 34.8 Å². The van der Waals surface area contributed by atoms with E-state index in [4.69, 9.17) is 61.0 Å². The van der Waals surface area contributed by atoms with Gasteiger partial charge in [-0.1, -0.05) is 346 Å². The zero-order valence-corrected chi connectivity index (χ0v) is 80.7. The molecule has 9 aromatic rings. The van der Waals surface area contributed by atoms with Gasteiger partial charge in [-0.2, -0.15) is 13.2 Å². The van der Waals surface area contributed by atoms with Crippen LogP contribution < -0.4 is 10.5 Å². The summed E-state index contributed by atoms with van der Waals surface area (Å²) in [6.45, 7) is 67.2. The Morgan fingerprint density at radius 3 is 0.879 bits per heavy atom. The van der Waals surface area contributed by atoms with Gasteiger partial charge >= 0.3 is 36.4 Å². The van der Waals surface area contributed by atoms with Gasteiger partial charge in [0.25, 0.3) is 5.69 Å². The van der Waals surface area contributed by atoms with E-state index < -0.39 is 46.9 Å². The van der Waals surface area contributed by atoms with Crippen LogP contribution in [0.4, 0.5) is 37.7 Å². The van der Waals surface area contributed by atoms with Crippen molar-refractivity contribution in [1.29, 1.82) is 0 Å². The summed E-state index contributed by atoms with van der Waals surface area (Å²) in [7, 11) is 0. The van der Waals surface area contributed by atoms with Gasteiger partial charge in [-0.3, -0.25) is 10.1 Å². The van der Waals surface area contributed by atoms with E-state index in [1.165, 1.54) is 75.8 Å². The number of hydrogen-bond donors (Lipinski definition) is 5. The lowest BCUT2D eigenvalue weighted by Crippen LogP contribution is -2.17. The van der Waals surface area contributed by atoms with Crippen LogP contribution in [0.1, 0.15) is 321 Å². The topological polar surface area (TPSA) is 228 Å². The van der Waals surface area contributed by atoms with Gasteiger partial charge in [0.15, 0.2) is 0 Å². The summed E-state index contributed by atoms with van der Waals surface area (Å²) in [5, 5.41) is 47.3. The average Bonchev–Trinajstić information content (AvgIpc) is 0.800. The molecule has 9 rings (SSSR count). The molecule has 0 saturated heterocycles. The number of nitrogens with two attached hydrogens (primary N) is 1. The lowest BCUT2D eigenvalue weighted by atomic mass is 9.82. The third-order valence-corrected chi connectivity index (χ3v) is 20.3. The molecule has 22 heteroatoms. The van der Waals surface area contributed by atoms with Crippen LogP contribution in [0.25, 0.3) is 0 Å². The van der Waals surface area contributed by atoms with Crippen LogP contribution in [0.3, 0.4) is 0 Å². The summed E-state index contributed by atoms with van der Waals surface area (Å²) in [5.74, 6) is -4.28. The normalized spacial score (nSPS) is 11.9. The number of aromatic carboxylic acids is 4. The first-order valence-corrected chi connectivity index (χ1v) is 41.6. The quantitative estimate of drug-likeness (QED) is 0.0453. The summed E-state index contributed by atoms with van der Waals surface area (Å²) in [6, 6.07) is 53.9. The van der Waals surface area contributed by atoms with Crippen LogP contribution in [0.2, 0.25) is 15.1 Å². The lowest BCUT2D eigenvalue weighted by Gasteiger charge is -2.23. The largest absolute Gasteiger partial charge is 0.573 e. The van der Waals surface area contributed by atoms with Crippen molar-refractivity contribution in [2.75, 3.05) is 5.73 Å². The fraction of sp³-hybridized carbons (Fsp3) is 0.431.